The quantitative estimate of drug-likeness (QED) is 0.411. The molecule has 0 atom stereocenters. The van der Waals surface area contributed by atoms with Gasteiger partial charge in [0.05, 0.1) is 21.3 Å². The van der Waals surface area contributed by atoms with Gasteiger partial charge < -0.3 is 10.1 Å². The largest absolute Gasteiger partial charge is 0.507 e. The van der Waals surface area contributed by atoms with Gasteiger partial charge in [-0.2, -0.15) is 9.61 Å². The van der Waals surface area contributed by atoms with Crippen molar-refractivity contribution in [2.45, 2.75) is 18.8 Å². The first-order valence-corrected chi connectivity index (χ1v) is 10.2. The third-order valence-electron chi connectivity index (χ3n) is 5.11. The molecule has 0 bridgehead atoms. The third kappa shape index (κ3) is 3.10. The summed E-state index contributed by atoms with van der Waals surface area (Å²) in [5.41, 5.74) is 3.48. The SMILES string of the molecule is O=c1c(-c2ccc(Cl)cc2O)c[nH]c2c(-c3ccc(Cl)c(Cl)c3)c(C3CC3)nn12. The zero-order valence-electron chi connectivity index (χ0n) is 14.9. The average Bonchev–Trinajstić information content (AvgIpc) is 3.45. The summed E-state index contributed by atoms with van der Waals surface area (Å²) in [5.74, 6) is 0.237. The topological polar surface area (TPSA) is 70.4 Å². The summed E-state index contributed by atoms with van der Waals surface area (Å²) >= 11 is 18.2. The molecular weight excluding hydrogens is 433 g/mol. The first-order chi connectivity index (χ1) is 13.9. The lowest BCUT2D eigenvalue weighted by Gasteiger charge is -2.07. The number of halogens is 3. The summed E-state index contributed by atoms with van der Waals surface area (Å²) < 4.78 is 1.36. The van der Waals surface area contributed by atoms with Crippen LogP contribution in [0, 0.1) is 0 Å². The van der Waals surface area contributed by atoms with Crippen molar-refractivity contribution in [1.82, 2.24) is 14.6 Å². The number of nitrogens with one attached hydrogen (secondary N) is 1. The Morgan fingerprint density at radius 1 is 1.03 bits per heavy atom. The summed E-state index contributed by atoms with van der Waals surface area (Å²) in [5, 5.41) is 16.2. The Morgan fingerprint density at radius 2 is 1.83 bits per heavy atom. The summed E-state index contributed by atoms with van der Waals surface area (Å²) in [6, 6.07) is 10.0. The molecule has 0 aliphatic heterocycles. The average molecular weight is 447 g/mol. The fourth-order valence-electron chi connectivity index (χ4n) is 3.54. The molecule has 0 radical (unpaired) electrons. The van der Waals surface area contributed by atoms with E-state index in [4.69, 9.17) is 34.8 Å². The maximum absolute atomic E-state index is 13.2. The lowest BCUT2D eigenvalue weighted by Crippen LogP contribution is -2.17. The third-order valence-corrected chi connectivity index (χ3v) is 6.08. The molecule has 4 aromatic rings. The molecule has 2 N–H and O–H groups in total. The highest BCUT2D eigenvalue weighted by Gasteiger charge is 2.32. The zero-order chi connectivity index (χ0) is 20.3. The maximum atomic E-state index is 13.2. The second-order valence-electron chi connectivity index (χ2n) is 7.09. The van der Waals surface area contributed by atoms with E-state index >= 15 is 0 Å². The van der Waals surface area contributed by atoms with Crippen LogP contribution in [0.15, 0.2) is 47.4 Å². The highest BCUT2D eigenvalue weighted by atomic mass is 35.5. The van der Waals surface area contributed by atoms with Crippen LogP contribution in [-0.4, -0.2) is 19.7 Å². The van der Waals surface area contributed by atoms with Gasteiger partial charge in [0, 0.05) is 28.3 Å². The fourth-order valence-corrected chi connectivity index (χ4v) is 4.00. The monoisotopic (exact) mass is 445 g/mol. The van der Waals surface area contributed by atoms with E-state index in [0.29, 0.717) is 37.8 Å². The fraction of sp³-hybridized carbons (Fsp3) is 0.143. The van der Waals surface area contributed by atoms with Crippen LogP contribution in [-0.2, 0) is 0 Å². The molecule has 8 heteroatoms. The van der Waals surface area contributed by atoms with Gasteiger partial charge in [0.2, 0.25) is 0 Å². The van der Waals surface area contributed by atoms with Crippen LogP contribution in [0.4, 0.5) is 0 Å². The van der Waals surface area contributed by atoms with Crippen molar-refractivity contribution < 1.29 is 5.11 Å². The Morgan fingerprint density at radius 3 is 2.52 bits per heavy atom. The molecule has 0 amide bonds. The Hall–Kier alpha value is -2.47. The molecule has 0 unspecified atom stereocenters. The van der Waals surface area contributed by atoms with Crippen molar-refractivity contribution in [3.63, 3.8) is 0 Å². The number of fused-ring (bicyclic) bond motifs is 1. The first kappa shape index (κ1) is 18.6. The molecule has 1 aliphatic carbocycles. The second-order valence-corrected chi connectivity index (χ2v) is 8.34. The van der Waals surface area contributed by atoms with Crippen molar-refractivity contribution in [1.29, 1.82) is 0 Å². The molecule has 0 spiro atoms. The Labute approximate surface area is 180 Å². The molecule has 2 heterocycles. The summed E-state index contributed by atoms with van der Waals surface area (Å²) in [4.78, 5) is 16.4. The van der Waals surface area contributed by atoms with Crippen molar-refractivity contribution in [3.05, 3.63) is 73.7 Å². The van der Waals surface area contributed by atoms with E-state index in [-0.39, 0.29) is 11.3 Å². The predicted molar refractivity (Wildman–Crippen MR) is 115 cm³/mol. The van der Waals surface area contributed by atoms with E-state index in [1.807, 2.05) is 6.07 Å². The molecular formula is C21H14Cl3N3O2. The molecule has 1 saturated carbocycles. The maximum Gasteiger partial charge on any atom is 0.282 e. The Kier molecular flexibility index (Phi) is 4.35. The summed E-state index contributed by atoms with van der Waals surface area (Å²) in [6.45, 7) is 0. The van der Waals surface area contributed by atoms with Crippen molar-refractivity contribution >= 4 is 40.4 Å². The second kappa shape index (κ2) is 6.80. The molecule has 5 nitrogen and oxygen atoms in total. The molecule has 146 valence electrons. The summed E-state index contributed by atoms with van der Waals surface area (Å²) in [6.07, 6.45) is 3.63. The minimum Gasteiger partial charge on any atom is -0.507 e. The molecule has 1 fully saturated rings. The zero-order valence-corrected chi connectivity index (χ0v) is 17.2. The van der Waals surface area contributed by atoms with E-state index in [0.717, 1.165) is 29.7 Å². The number of aromatic hydroxyl groups is 1. The summed E-state index contributed by atoms with van der Waals surface area (Å²) in [7, 11) is 0. The number of rotatable bonds is 3. The van der Waals surface area contributed by atoms with Gasteiger partial charge in [-0.3, -0.25) is 4.79 Å². The van der Waals surface area contributed by atoms with Gasteiger partial charge in [-0.1, -0.05) is 40.9 Å². The van der Waals surface area contributed by atoms with Crippen LogP contribution in [0.3, 0.4) is 0 Å². The molecule has 0 saturated heterocycles. The molecule has 2 aromatic heterocycles. The van der Waals surface area contributed by atoms with Gasteiger partial charge >= 0.3 is 0 Å². The first-order valence-electron chi connectivity index (χ1n) is 9.02. The Balaban J connectivity index is 1.77. The van der Waals surface area contributed by atoms with Gasteiger partial charge in [-0.15, -0.1) is 0 Å². The minimum absolute atomic E-state index is 0.0679. The number of benzene rings is 2. The van der Waals surface area contributed by atoms with Crippen LogP contribution in [0.1, 0.15) is 24.5 Å². The minimum atomic E-state index is -0.329. The van der Waals surface area contributed by atoms with Crippen LogP contribution < -0.4 is 5.56 Å². The number of phenols is 1. The van der Waals surface area contributed by atoms with E-state index in [9.17, 15) is 9.90 Å². The highest BCUT2D eigenvalue weighted by molar-refractivity contribution is 6.42. The molecule has 29 heavy (non-hydrogen) atoms. The number of nitrogens with zero attached hydrogens (tertiary/aromatic N) is 2. The van der Waals surface area contributed by atoms with Crippen LogP contribution in [0.2, 0.25) is 15.1 Å². The van der Waals surface area contributed by atoms with Gasteiger partial charge in [-0.05, 0) is 48.7 Å². The Bertz CT molecular complexity index is 1340. The van der Waals surface area contributed by atoms with Crippen molar-refractivity contribution in [2.75, 3.05) is 0 Å². The van der Waals surface area contributed by atoms with Gasteiger partial charge in [0.1, 0.15) is 11.4 Å². The van der Waals surface area contributed by atoms with Gasteiger partial charge in [0.15, 0.2) is 0 Å². The van der Waals surface area contributed by atoms with Gasteiger partial charge in [0.25, 0.3) is 5.56 Å². The number of hydrogen-bond donors (Lipinski definition) is 2. The predicted octanol–water partition coefficient (Wildman–Crippen LogP) is 5.90. The standard InChI is InChI=1S/C21H14Cl3N3O2/c22-12-4-5-13(17(28)8-12)14-9-25-20-18(11-3-6-15(23)16(24)7-11)19(10-1-2-10)26-27(20)21(14)29/h3-10,25,28H,1-2H2. The van der Waals surface area contributed by atoms with E-state index in [1.54, 1.807) is 30.5 Å². The highest BCUT2D eigenvalue weighted by Crippen LogP contribution is 2.45. The molecule has 2 aromatic carbocycles. The number of H-pyrrole nitrogens is 1. The number of aromatic amines is 1. The van der Waals surface area contributed by atoms with Crippen LogP contribution >= 0.6 is 34.8 Å². The van der Waals surface area contributed by atoms with E-state index < -0.39 is 0 Å². The van der Waals surface area contributed by atoms with Gasteiger partial charge in [-0.25, -0.2) is 0 Å². The van der Waals surface area contributed by atoms with E-state index in [2.05, 4.69) is 10.1 Å². The molecule has 5 rings (SSSR count). The van der Waals surface area contributed by atoms with Crippen molar-refractivity contribution in [2.24, 2.45) is 0 Å². The lowest BCUT2D eigenvalue weighted by atomic mass is 10.0. The van der Waals surface area contributed by atoms with Crippen molar-refractivity contribution in [3.8, 4) is 28.0 Å². The van der Waals surface area contributed by atoms with E-state index in [1.165, 1.54) is 10.6 Å². The molecule has 1 aliphatic rings. The number of aromatic nitrogens is 3. The van der Waals surface area contributed by atoms with Crippen LogP contribution in [0.5, 0.6) is 5.75 Å². The lowest BCUT2D eigenvalue weighted by molar-refractivity contribution is 0.477. The number of phenolic OH excluding ortho intramolecular Hbond substituents is 1. The number of hydrogen-bond acceptors (Lipinski definition) is 3. The van der Waals surface area contributed by atoms with Crippen LogP contribution in [0.25, 0.3) is 27.9 Å². The smallest absolute Gasteiger partial charge is 0.282 e. The normalized spacial score (nSPS) is 13.9.